The Hall–Kier alpha value is -1.81. The van der Waals surface area contributed by atoms with E-state index in [1.807, 2.05) is 26.2 Å². The van der Waals surface area contributed by atoms with Gasteiger partial charge in [-0.15, -0.1) is 0 Å². The molecular weight excluding hydrogens is 323 g/mol. The third kappa shape index (κ3) is 4.85. The van der Waals surface area contributed by atoms with Crippen LogP contribution in [-0.4, -0.2) is 25.5 Å². The van der Waals surface area contributed by atoms with Crippen molar-refractivity contribution < 1.29 is 13.2 Å². The van der Waals surface area contributed by atoms with E-state index >= 15 is 0 Å². The van der Waals surface area contributed by atoms with E-state index < -0.39 is 17.5 Å². The molecule has 4 heteroatoms. The minimum atomic E-state index is -1.08. The predicted molar refractivity (Wildman–Crippen MR) is 96.5 cm³/mol. The van der Waals surface area contributed by atoms with Crippen LogP contribution in [0, 0.1) is 24.4 Å². The van der Waals surface area contributed by atoms with Crippen molar-refractivity contribution in [1.82, 2.24) is 4.90 Å². The fourth-order valence-electron chi connectivity index (χ4n) is 3.02. The number of hydrogen-bond acceptors (Lipinski definition) is 1. The van der Waals surface area contributed by atoms with E-state index in [9.17, 15) is 13.2 Å². The van der Waals surface area contributed by atoms with Gasteiger partial charge < -0.3 is 4.90 Å². The van der Waals surface area contributed by atoms with Gasteiger partial charge in [0.2, 0.25) is 0 Å². The molecule has 0 amide bonds. The van der Waals surface area contributed by atoms with E-state index in [0.717, 1.165) is 31.0 Å². The van der Waals surface area contributed by atoms with Crippen LogP contribution in [0.1, 0.15) is 41.5 Å². The van der Waals surface area contributed by atoms with Crippen LogP contribution in [0.4, 0.5) is 13.2 Å². The normalized spacial score (nSPS) is 12.6. The third-order valence-electron chi connectivity index (χ3n) is 4.68. The maximum Gasteiger partial charge on any atom is 0.164 e. The highest BCUT2D eigenvalue weighted by molar-refractivity contribution is 5.32. The van der Waals surface area contributed by atoms with Gasteiger partial charge in [-0.2, -0.15) is 0 Å². The van der Waals surface area contributed by atoms with Gasteiger partial charge in [-0.1, -0.05) is 31.2 Å². The van der Waals surface area contributed by atoms with Crippen molar-refractivity contribution in [3.05, 3.63) is 70.0 Å². The van der Waals surface area contributed by atoms with E-state index in [2.05, 4.69) is 24.0 Å². The van der Waals surface area contributed by atoms with Crippen LogP contribution in [0.5, 0.6) is 0 Å². The zero-order valence-electron chi connectivity index (χ0n) is 15.4. The lowest BCUT2D eigenvalue weighted by Crippen LogP contribution is -2.18. The summed E-state index contributed by atoms with van der Waals surface area (Å²) in [5.41, 5.74) is 2.13. The number of rotatable bonds is 7. The second-order valence-corrected chi connectivity index (χ2v) is 6.86. The smallest absolute Gasteiger partial charge is 0.164 e. The minimum Gasteiger partial charge on any atom is -0.309 e. The molecule has 0 radical (unpaired) electrons. The van der Waals surface area contributed by atoms with Crippen LogP contribution in [-0.2, 0) is 12.8 Å². The molecule has 0 saturated carbocycles. The molecule has 0 bridgehead atoms. The van der Waals surface area contributed by atoms with E-state index in [1.165, 1.54) is 12.5 Å². The van der Waals surface area contributed by atoms with Crippen LogP contribution in [0.2, 0.25) is 0 Å². The summed E-state index contributed by atoms with van der Waals surface area (Å²) in [4.78, 5) is 2.06. The molecule has 25 heavy (non-hydrogen) atoms. The van der Waals surface area contributed by atoms with Gasteiger partial charge in [0, 0.05) is 5.56 Å². The molecule has 0 spiro atoms. The highest BCUT2D eigenvalue weighted by atomic mass is 19.2. The molecule has 0 saturated heterocycles. The van der Waals surface area contributed by atoms with Gasteiger partial charge in [0.05, 0.1) is 0 Å². The highest BCUT2D eigenvalue weighted by Crippen LogP contribution is 2.29. The fourth-order valence-corrected chi connectivity index (χ4v) is 3.02. The van der Waals surface area contributed by atoms with Gasteiger partial charge in [0.25, 0.3) is 0 Å². The second-order valence-electron chi connectivity index (χ2n) is 6.86. The van der Waals surface area contributed by atoms with Gasteiger partial charge in [-0.25, -0.2) is 13.2 Å². The third-order valence-corrected chi connectivity index (χ3v) is 4.68. The lowest BCUT2D eigenvalue weighted by Gasteiger charge is -2.21. The van der Waals surface area contributed by atoms with Crippen LogP contribution in [0.3, 0.4) is 0 Å². The maximum atomic E-state index is 14.3. The second kappa shape index (κ2) is 8.52. The Morgan fingerprint density at radius 2 is 1.76 bits per heavy atom. The lowest BCUT2D eigenvalue weighted by molar-refractivity contribution is 0.377. The van der Waals surface area contributed by atoms with Crippen molar-refractivity contribution in [3.8, 4) is 0 Å². The summed E-state index contributed by atoms with van der Waals surface area (Å²) in [5, 5.41) is 0. The minimum absolute atomic E-state index is 0.00454. The van der Waals surface area contributed by atoms with E-state index in [1.54, 1.807) is 0 Å². The summed E-state index contributed by atoms with van der Waals surface area (Å²) in [6.07, 6.45) is 1.98. The Morgan fingerprint density at radius 1 is 1.04 bits per heavy atom. The van der Waals surface area contributed by atoms with Crippen molar-refractivity contribution in [1.29, 1.82) is 0 Å². The number of aryl methyl sites for hydroxylation is 1. The molecular formula is C21H26F3N. The monoisotopic (exact) mass is 349 g/mol. The summed E-state index contributed by atoms with van der Waals surface area (Å²) >= 11 is 0. The lowest BCUT2D eigenvalue weighted by atomic mass is 9.87. The molecule has 0 N–H and O–H groups in total. The Labute approximate surface area is 148 Å². The first kappa shape index (κ1) is 19.5. The first-order valence-corrected chi connectivity index (χ1v) is 8.70. The van der Waals surface area contributed by atoms with Gasteiger partial charge in [-0.3, -0.25) is 0 Å². The number of hydrogen-bond donors (Lipinski definition) is 0. The molecule has 0 aromatic heterocycles. The van der Waals surface area contributed by atoms with Crippen LogP contribution >= 0.6 is 0 Å². The molecule has 1 atom stereocenters. The summed E-state index contributed by atoms with van der Waals surface area (Å²) in [5.74, 6) is -2.70. The summed E-state index contributed by atoms with van der Waals surface area (Å²) in [6.45, 7) is 4.16. The quantitative estimate of drug-likeness (QED) is 0.617. The fraction of sp³-hybridized carbons (Fsp3) is 0.429. The molecule has 0 aliphatic heterocycles. The van der Waals surface area contributed by atoms with Crippen LogP contribution in [0.15, 0.2) is 30.3 Å². The molecule has 1 nitrogen and oxygen atoms in total. The standard InChI is InChI=1S/C21H26F3N/c1-5-15-7-6-8-16(11-15)17(9-10-25(3)4)12-18-13-19(22)14(2)20(23)21(18)24/h6-8,11,13,17H,5,9-10,12H2,1-4H3. The largest absolute Gasteiger partial charge is 0.309 e. The number of benzene rings is 2. The van der Waals surface area contributed by atoms with Gasteiger partial charge in [0.15, 0.2) is 11.6 Å². The number of nitrogens with zero attached hydrogens (tertiary/aromatic N) is 1. The van der Waals surface area contributed by atoms with Crippen molar-refractivity contribution in [2.24, 2.45) is 0 Å². The van der Waals surface area contributed by atoms with E-state index in [-0.39, 0.29) is 23.5 Å². The molecule has 0 aliphatic carbocycles. The van der Waals surface area contributed by atoms with Crippen molar-refractivity contribution in [3.63, 3.8) is 0 Å². The Kier molecular flexibility index (Phi) is 6.65. The first-order valence-electron chi connectivity index (χ1n) is 8.70. The summed E-state index contributed by atoms with van der Waals surface area (Å²) in [7, 11) is 3.96. The van der Waals surface area contributed by atoms with E-state index in [4.69, 9.17) is 0 Å². The van der Waals surface area contributed by atoms with Crippen molar-refractivity contribution in [2.45, 2.75) is 39.0 Å². The summed E-state index contributed by atoms with van der Waals surface area (Å²) in [6, 6.07) is 9.30. The summed E-state index contributed by atoms with van der Waals surface area (Å²) < 4.78 is 42.1. The zero-order chi connectivity index (χ0) is 18.6. The Balaban J connectivity index is 2.36. The molecule has 2 aromatic carbocycles. The van der Waals surface area contributed by atoms with Gasteiger partial charge in [0.1, 0.15) is 5.82 Å². The molecule has 1 unspecified atom stereocenters. The average Bonchev–Trinajstić information content (AvgIpc) is 2.60. The molecule has 2 rings (SSSR count). The molecule has 2 aromatic rings. The Bertz CT molecular complexity index is 725. The van der Waals surface area contributed by atoms with Crippen LogP contribution < -0.4 is 0 Å². The van der Waals surface area contributed by atoms with E-state index in [0.29, 0.717) is 0 Å². The zero-order valence-corrected chi connectivity index (χ0v) is 15.4. The molecule has 0 heterocycles. The predicted octanol–water partition coefficient (Wildman–Crippen LogP) is 5.25. The molecule has 0 fully saturated rings. The molecule has 136 valence electrons. The number of halogens is 3. The highest BCUT2D eigenvalue weighted by Gasteiger charge is 2.20. The SMILES string of the molecule is CCc1cccc(C(CCN(C)C)Cc2cc(F)c(C)c(F)c2F)c1. The first-order chi connectivity index (χ1) is 11.8. The van der Waals surface area contributed by atoms with Crippen molar-refractivity contribution >= 4 is 0 Å². The van der Waals surface area contributed by atoms with Crippen molar-refractivity contribution in [2.75, 3.05) is 20.6 Å². The average molecular weight is 349 g/mol. The molecule has 0 aliphatic rings. The van der Waals surface area contributed by atoms with Gasteiger partial charge >= 0.3 is 0 Å². The maximum absolute atomic E-state index is 14.3. The van der Waals surface area contributed by atoms with Crippen LogP contribution in [0.25, 0.3) is 0 Å². The van der Waals surface area contributed by atoms with Gasteiger partial charge in [-0.05, 0) is 75.5 Å². The Morgan fingerprint density at radius 3 is 2.40 bits per heavy atom. The topological polar surface area (TPSA) is 3.24 Å².